The third kappa shape index (κ3) is 5.87. The smallest absolute Gasteiger partial charge is 0.329 e. The van der Waals surface area contributed by atoms with Crippen LogP contribution in [0.15, 0.2) is 36.4 Å². The SMILES string of the molecule is C[C@H](NC(=O)/C=C/c1ccccc1)C(=O)O[C@H](C)C(=O)NC1CC1. The van der Waals surface area contributed by atoms with Crippen LogP contribution in [0.2, 0.25) is 0 Å². The van der Waals surface area contributed by atoms with Gasteiger partial charge in [0.05, 0.1) is 0 Å². The zero-order chi connectivity index (χ0) is 17.5. The normalized spacial score (nSPS) is 16.2. The molecule has 0 unspecified atom stereocenters. The first-order valence-electron chi connectivity index (χ1n) is 8.00. The number of rotatable bonds is 7. The van der Waals surface area contributed by atoms with Gasteiger partial charge in [-0.1, -0.05) is 30.3 Å². The molecule has 0 heterocycles. The summed E-state index contributed by atoms with van der Waals surface area (Å²) in [6.45, 7) is 3.03. The second-order valence-corrected chi connectivity index (χ2v) is 5.84. The summed E-state index contributed by atoms with van der Waals surface area (Å²) < 4.78 is 5.08. The molecule has 1 aromatic carbocycles. The Morgan fingerprint density at radius 1 is 1.17 bits per heavy atom. The predicted molar refractivity (Wildman–Crippen MR) is 89.8 cm³/mol. The average Bonchev–Trinajstić information content (AvgIpc) is 3.37. The number of hydrogen-bond acceptors (Lipinski definition) is 4. The van der Waals surface area contributed by atoms with Crippen molar-refractivity contribution in [3.63, 3.8) is 0 Å². The molecule has 0 spiro atoms. The van der Waals surface area contributed by atoms with Gasteiger partial charge in [-0.05, 0) is 38.3 Å². The van der Waals surface area contributed by atoms with Crippen LogP contribution in [-0.2, 0) is 19.1 Å². The molecule has 1 saturated carbocycles. The lowest BCUT2D eigenvalue weighted by atomic mass is 10.2. The topological polar surface area (TPSA) is 84.5 Å². The molecule has 0 aliphatic heterocycles. The van der Waals surface area contributed by atoms with E-state index in [9.17, 15) is 14.4 Å². The van der Waals surface area contributed by atoms with Crippen molar-refractivity contribution in [1.29, 1.82) is 0 Å². The molecule has 1 aliphatic rings. The first-order chi connectivity index (χ1) is 11.5. The number of amides is 2. The maximum absolute atomic E-state index is 11.9. The highest BCUT2D eigenvalue weighted by Crippen LogP contribution is 2.18. The summed E-state index contributed by atoms with van der Waals surface area (Å²) in [5.41, 5.74) is 0.883. The Hall–Kier alpha value is -2.63. The van der Waals surface area contributed by atoms with Crippen LogP contribution < -0.4 is 10.6 Å². The van der Waals surface area contributed by atoms with Gasteiger partial charge in [-0.2, -0.15) is 0 Å². The molecule has 0 bridgehead atoms. The van der Waals surface area contributed by atoms with Gasteiger partial charge in [0, 0.05) is 12.1 Å². The summed E-state index contributed by atoms with van der Waals surface area (Å²) in [5, 5.41) is 5.28. The van der Waals surface area contributed by atoms with E-state index < -0.39 is 24.0 Å². The van der Waals surface area contributed by atoms with Gasteiger partial charge in [0.15, 0.2) is 6.10 Å². The van der Waals surface area contributed by atoms with Gasteiger partial charge >= 0.3 is 5.97 Å². The van der Waals surface area contributed by atoms with Gasteiger partial charge < -0.3 is 15.4 Å². The van der Waals surface area contributed by atoms with Gasteiger partial charge in [-0.3, -0.25) is 9.59 Å². The van der Waals surface area contributed by atoms with E-state index >= 15 is 0 Å². The van der Waals surface area contributed by atoms with Crippen molar-refractivity contribution >= 4 is 23.9 Å². The van der Waals surface area contributed by atoms with E-state index in [2.05, 4.69) is 10.6 Å². The van der Waals surface area contributed by atoms with Gasteiger partial charge in [0.25, 0.3) is 5.91 Å². The fourth-order valence-electron chi connectivity index (χ4n) is 1.93. The Balaban J connectivity index is 1.76. The summed E-state index contributed by atoms with van der Waals surface area (Å²) in [4.78, 5) is 35.5. The Morgan fingerprint density at radius 3 is 2.46 bits per heavy atom. The van der Waals surface area contributed by atoms with E-state index in [1.54, 1.807) is 6.08 Å². The minimum absolute atomic E-state index is 0.207. The van der Waals surface area contributed by atoms with E-state index in [1.807, 2.05) is 30.3 Å². The number of benzene rings is 1. The lowest BCUT2D eigenvalue weighted by Gasteiger charge is -2.17. The number of esters is 1. The number of carbonyl (C=O) groups excluding carboxylic acids is 3. The van der Waals surface area contributed by atoms with E-state index in [1.165, 1.54) is 19.9 Å². The second kappa shape index (κ2) is 8.29. The van der Waals surface area contributed by atoms with Gasteiger partial charge in [-0.15, -0.1) is 0 Å². The van der Waals surface area contributed by atoms with E-state index in [0.717, 1.165) is 18.4 Å². The zero-order valence-corrected chi connectivity index (χ0v) is 13.8. The van der Waals surface area contributed by atoms with E-state index in [4.69, 9.17) is 4.74 Å². The van der Waals surface area contributed by atoms with Crippen molar-refractivity contribution in [3.05, 3.63) is 42.0 Å². The molecule has 6 nitrogen and oxygen atoms in total. The molecule has 128 valence electrons. The van der Waals surface area contributed by atoms with E-state index in [0.29, 0.717) is 0 Å². The predicted octanol–water partition coefficient (Wildman–Crippen LogP) is 1.41. The maximum atomic E-state index is 11.9. The fraction of sp³-hybridized carbons (Fsp3) is 0.389. The Bertz CT molecular complexity index is 623. The lowest BCUT2D eigenvalue weighted by molar-refractivity contribution is -0.157. The molecule has 2 N–H and O–H groups in total. The number of hydrogen-bond donors (Lipinski definition) is 2. The molecule has 0 aromatic heterocycles. The first kappa shape index (κ1) is 17.7. The fourth-order valence-corrected chi connectivity index (χ4v) is 1.93. The summed E-state index contributed by atoms with van der Waals surface area (Å²) >= 11 is 0. The summed E-state index contributed by atoms with van der Waals surface area (Å²) in [6, 6.07) is 8.71. The van der Waals surface area contributed by atoms with Crippen molar-refractivity contribution in [2.75, 3.05) is 0 Å². The van der Waals surface area contributed by atoms with Crippen LogP contribution in [0.5, 0.6) is 0 Å². The summed E-state index contributed by atoms with van der Waals surface area (Å²) in [7, 11) is 0. The van der Waals surface area contributed by atoms with Crippen LogP contribution in [0, 0.1) is 0 Å². The molecule has 24 heavy (non-hydrogen) atoms. The van der Waals surface area contributed by atoms with Crippen LogP contribution in [0.1, 0.15) is 32.3 Å². The highest BCUT2D eigenvalue weighted by molar-refractivity contribution is 5.94. The van der Waals surface area contributed by atoms with Gasteiger partial charge in [0.2, 0.25) is 5.91 Å². The van der Waals surface area contributed by atoms with Crippen LogP contribution >= 0.6 is 0 Å². The molecule has 1 fully saturated rings. The molecular weight excluding hydrogens is 308 g/mol. The Labute approximate surface area is 141 Å². The molecule has 2 atom stereocenters. The van der Waals surface area contributed by atoms with Crippen LogP contribution in [0.3, 0.4) is 0 Å². The number of carbonyl (C=O) groups is 3. The monoisotopic (exact) mass is 330 g/mol. The third-order valence-corrected chi connectivity index (χ3v) is 3.52. The summed E-state index contributed by atoms with van der Waals surface area (Å²) in [5.74, 6) is -1.36. The highest BCUT2D eigenvalue weighted by atomic mass is 16.5. The van der Waals surface area contributed by atoms with Crippen LogP contribution in [-0.4, -0.2) is 36.0 Å². The van der Waals surface area contributed by atoms with Crippen LogP contribution in [0.4, 0.5) is 0 Å². The quantitative estimate of drug-likeness (QED) is 0.585. The molecule has 0 radical (unpaired) electrons. The molecule has 0 saturated heterocycles. The van der Waals surface area contributed by atoms with Gasteiger partial charge in [-0.25, -0.2) is 4.79 Å². The third-order valence-electron chi connectivity index (χ3n) is 3.52. The zero-order valence-electron chi connectivity index (χ0n) is 13.8. The molecule has 1 aliphatic carbocycles. The Morgan fingerprint density at radius 2 is 1.83 bits per heavy atom. The van der Waals surface area contributed by atoms with Crippen molar-refractivity contribution < 1.29 is 19.1 Å². The van der Waals surface area contributed by atoms with Crippen molar-refractivity contribution in [2.24, 2.45) is 0 Å². The minimum atomic E-state index is -0.877. The number of ether oxygens (including phenoxy) is 1. The van der Waals surface area contributed by atoms with Crippen molar-refractivity contribution in [1.82, 2.24) is 10.6 Å². The standard InChI is InChI=1S/C18H22N2O4/c1-12(18(23)24-13(2)17(22)20-15-9-10-15)19-16(21)11-8-14-6-4-3-5-7-14/h3-8,11-13,15H,9-10H2,1-2H3,(H,19,21)(H,20,22)/b11-8+/t12-,13+/m0/s1. The second-order valence-electron chi connectivity index (χ2n) is 5.84. The Kier molecular flexibility index (Phi) is 6.12. The van der Waals surface area contributed by atoms with Crippen molar-refractivity contribution in [2.45, 2.75) is 44.9 Å². The van der Waals surface area contributed by atoms with Crippen LogP contribution in [0.25, 0.3) is 6.08 Å². The minimum Gasteiger partial charge on any atom is -0.451 e. The van der Waals surface area contributed by atoms with E-state index in [-0.39, 0.29) is 11.9 Å². The van der Waals surface area contributed by atoms with Gasteiger partial charge in [0.1, 0.15) is 6.04 Å². The maximum Gasteiger partial charge on any atom is 0.329 e. The molecule has 1 aromatic rings. The molecule has 6 heteroatoms. The highest BCUT2D eigenvalue weighted by Gasteiger charge is 2.28. The largest absolute Gasteiger partial charge is 0.451 e. The first-order valence-corrected chi connectivity index (χ1v) is 8.00. The molecular formula is C18H22N2O4. The van der Waals surface area contributed by atoms with Crippen molar-refractivity contribution in [3.8, 4) is 0 Å². The number of nitrogens with one attached hydrogen (secondary N) is 2. The summed E-state index contributed by atoms with van der Waals surface area (Å²) in [6.07, 6.45) is 4.05. The average molecular weight is 330 g/mol. The molecule has 2 rings (SSSR count). The molecule has 2 amide bonds. The lowest BCUT2D eigenvalue weighted by Crippen LogP contribution is -2.43.